The van der Waals surface area contributed by atoms with Crippen LogP contribution in [0.15, 0.2) is 48.0 Å². The molecule has 7 heteroatoms. The minimum atomic E-state index is -0.363. The zero-order valence-corrected chi connectivity index (χ0v) is 16.1. The van der Waals surface area contributed by atoms with E-state index < -0.39 is 0 Å². The van der Waals surface area contributed by atoms with Crippen LogP contribution in [0.1, 0.15) is 26.8 Å². The third-order valence-corrected chi connectivity index (χ3v) is 6.15. The van der Waals surface area contributed by atoms with Gasteiger partial charge in [-0.15, -0.1) is 16.4 Å². The van der Waals surface area contributed by atoms with Crippen LogP contribution >= 0.6 is 11.3 Å². The van der Waals surface area contributed by atoms with Crippen LogP contribution in [-0.2, 0) is 0 Å². The molecule has 1 aliphatic rings. The summed E-state index contributed by atoms with van der Waals surface area (Å²) in [5.74, 6) is 0.157. The topological polar surface area (TPSA) is 104 Å². The molecule has 4 heterocycles. The Bertz CT molecular complexity index is 1300. The van der Waals surface area contributed by atoms with Crippen molar-refractivity contribution in [3.8, 4) is 23.2 Å². The molecule has 5 rings (SSSR count). The first kappa shape index (κ1) is 16.7. The molecule has 1 atom stereocenters. The van der Waals surface area contributed by atoms with Crippen LogP contribution in [0.4, 0.5) is 0 Å². The summed E-state index contributed by atoms with van der Waals surface area (Å²) in [4.78, 5) is 5.70. The summed E-state index contributed by atoms with van der Waals surface area (Å²) in [6.45, 7) is 4.16. The highest BCUT2D eigenvalue weighted by Gasteiger charge is 2.37. The van der Waals surface area contributed by atoms with Gasteiger partial charge in [0.25, 0.3) is 0 Å². The monoisotopic (exact) mass is 387 g/mol. The van der Waals surface area contributed by atoms with E-state index in [1.54, 1.807) is 11.3 Å². The predicted octanol–water partition coefficient (Wildman–Crippen LogP) is 4.45. The lowest BCUT2D eigenvalue weighted by molar-refractivity contribution is 0.379. The zero-order valence-electron chi connectivity index (χ0n) is 15.3. The molecule has 0 spiro atoms. The molecule has 138 valence electrons. The molecular formula is C21H17N5OS. The fraction of sp³-hybridized carbons (Fsp3) is 0.143. The lowest BCUT2D eigenvalue weighted by Crippen LogP contribution is -2.20. The van der Waals surface area contributed by atoms with E-state index in [-0.39, 0.29) is 11.8 Å². The normalized spacial score (nSPS) is 16.1. The number of nitrogens with one attached hydrogen (secondary N) is 2. The van der Waals surface area contributed by atoms with Gasteiger partial charge in [0.05, 0.1) is 17.2 Å². The van der Waals surface area contributed by atoms with Crippen molar-refractivity contribution in [3.05, 3.63) is 68.9 Å². The Morgan fingerprint density at radius 2 is 2.11 bits per heavy atom. The number of thiophene rings is 1. The van der Waals surface area contributed by atoms with E-state index in [4.69, 9.17) is 10.5 Å². The van der Waals surface area contributed by atoms with Crippen LogP contribution in [0.3, 0.4) is 0 Å². The van der Waals surface area contributed by atoms with E-state index >= 15 is 0 Å². The zero-order chi connectivity index (χ0) is 19.4. The van der Waals surface area contributed by atoms with E-state index in [9.17, 15) is 5.26 Å². The first-order chi connectivity index (χ1) is 13.6. The first-order valence-corrected chi connectivity index (χ1v) is 9.69. The number of aromatic nitrogens is 3. The van der Waals surface area contributed by atoms with E-state index in [1.165, 1.54) is 9.75 Å². The number of H-pyrrole nitrogens is 2. The second-order valence-corrected chi connectivity index (χ2v) is 8.32. The van der Waals surface area contributed by atoms with Crippen molar-refractivity contribution in [1.82, 2.24) is 15.2 Å². The fourth-order valence-electron chi connectivity index (χ4n) is 3.97. The molecule has 1 aliphatic heterocycles. The van der Waals surface area contributed by atoms with E-state index in [0.717, 1.165) is 33.3 Å². The van der Waals surface area contributed by atoms with Crippen LogP contribution in [-0.4, -0.2) is 15.2 Å². The second kappa shape index (κ2) is 6.01. The average molecular weight is 387 g/mol. The van der Waals surface area contributed by atoms with Gasteiger partial charge in [0.2, 0.25) is 11.8 Å². The number of hydrogen-bond acceptors (Lipinski definition) is 5. The fourth-order valence-corrected chi connectivity index (χ4v) is 4.90. The number of ether oxygens (including phenoxy) is 1. The summed E-state index contributed by atoms with van der Waals surface area (Å²) in [5, 5.41) is 18.4. The number of nitriles is 1. The molecule has 0 unspecified atom stereocenters. The van der Waals surface area contributed by atoms with Gasteiger partial charge in [0.15, 0.2) is 0 Å². The van der Waals surface area contributed by atoms with Crippen molar-refractivity contribution >= 4 is 22.2 Å². The van der Waals surface area contributed by atoms with Crippen LogP contribution in [0, 0.1) is 25.2 Å². The maximum absolute atomic E-state index is 9.88. The number of benzene rings is 1. The summed E-state index contributed by atoms with van der Waals surface area (Å²) in [6.07, 6.45) is 1.94. The van der Waals surface area contributed by atoms with Crippen LogP contribution < -0.4 is 10.5 Å². The summed E-state index contributed by atoms with van der Waals surface area (Å²) in [5.41, 5.74) is 11.3. The molecular weight excluding hydrogens is 370 g/mol. The minimum Gasteiger partial charge on any atom is -0.420 e. The molecule has 3 aromatic heterocycles. The molecule has 0 saturated heterocycles. The minimum absolute atomic E-state index is 0.0987. The number of aryl methyl sites for hydroxylation is 2. The van der Waals surface area contributed by atoms with Gasteiger partial charge in [-0.3, -0.25) is 5.10 Å². The van der Waals surface area contributed by atoms with Crippen molar-refractivity contribution in [2.24, 2.45) is 5.73 Å². The highest BCUT2D eigenvalue weighted by atomic mass is 32.1. The van der Waals surface area contributed by atoms with Crippen LogP contribution in [0.2, 0.25) is 0 Å². The number of allylic oxidation sites excluding steroid dienone is 1. The van der Waals surface area contributed by atoms with Gasteiger partial charge < -0.3 is 15.5 Å². The third kappa shape index (κ3) is 2.28. The van der Waals surface area contributed by atoms with E-state index in [0.29, 0.717) is 11.5 Å². The maximum atomic E-state index is 9.88. The number of hydrogen-bond donors (Lipinski definition) is 3. The number of rotatable bonds is 2. The molecule has 4 N–H and O–H groups in total. The Morgan fingerprint density at radius 1 is 1.29 bits per heavy atom. The van der Waals surface area contributed by atoms with Gasteiger partial charge >= 0.3 is 0 Å². The highest BCUT2D eigenvalue weighted by molar-refractivity contribution is 7.12. The van der Waals surface area contributed by atoms with Crippen molar-refractivity contribution in [2.45, 2.75) is 19.8 Å². The Balaban J connectivity index is 1.81. The lowest BCUT2D eigenvalue weighted by atomic mass is 9.83. The largest absolute Gasteiger partial charge is 0.420 e. The summed E-state index contributed by atoms with van der Waals surface area (Å²) in [6, 6.07) is 12.4. The van der Waals surface area contributed by atoms with Crippen molar-refractivity contribution < 1.29 is 4.74 Å². The number of nitrogens with zero attached hydrogens (tertiary/aromatic N) is 2. The standard InChI is InChI=1S/C21H17N5OS/c1-10-7-13(11(2)28-10)19-18-17(14(8-22)20(23)27-21(18)26-25-19)15-9-24-16-6-4-3-5-12(15)16/h3-7,9,17,24H,23H2,1-2H3,(H,25,26)/t17-/m0/s1. The number of fused-ring (bicyclic) bond motifs is 2. The molecule has 28 heavy (non-hydrogen) atoms. The van der Waals surface area contributed by atoms with Gasteiger partial charge in [0, 0.05) is 32.4 Å². The molecule has 0 saturated carbocycles. The molecule has 1 aromatic carbocycles. The van der Waals surface area contributed by atoms with Crippen molar-refractivity contribution in [2.75, 3.05) is 0 Å². The Kier molecular flexibility index (Phi) is 3.57. The maximum Gasteiger partial charge on any atom is 0.244 e. The summed E-state index contributed by atoms with van der Waals surface area (Å²) < 4.78 is 5.71. The van der Waals surface area contributed by atoms with E-state index in [2.05, 4.69) is 41.2 Å². The number of nitrogens with two attached hydrogens (primary N) is 1. The van der Waals surface area contributed by atoms with Crippen LogP contribution in [0.5, 0.6) is 5.88 Å². The predicted molar refractivity (Wildman–Crippen MR) is 109 cm³/mol. The SMILES string of the molecule is Cc1cc(-c2[nH]nc3c2[C@H](c2c[nH]c4ccccc24)C(C#N)=C(N)O3)c(C)s1. The summed E-state index contributed by atoms with van der Waals surface area (Å²) >= 11 is 1.73. The quantitative estimate of drug-likeness (QED) is 0.472. The first-order valence-electron chi connectivity index (χ1n) is 8.87. The Morgan fingerprint density at radius 3 is 2.86 bits per heavy atom. The Hall–Kier alpha value is -3.50. The van der Waals surface area contributed by atoms with Gasteiger partial charge in [-0.1, -0.05) is 18.2 Å². The number of para-hydroxylation sites is 1. The molecule has 4 aromatic rings. The number of aromatic amines is 2. The smallest absolute Gasteiger partial charge is 0.244 e. The lowest BCUT2D eigenvalue weighted by Gasteiger charge is -2.23. The molecule has 0 aliphatic carbocycles. The van der Waals surface area contributed by atoms with Crippen molar-refractivity contribution in [1.29, 1.82) is 5.26 Å². The summed E-state index contributed by atoms with van der Waals surface area (Å²) in [7, 11) is 0. The van der Waals surface area contributed by atoms with Crippen LogP contribution in [0.25, 0.3) is 22.2 Å². The van der Waals surface area contributed by atoms with Crippen molar-refractivity contribution in [3.63, 3.8) is 0 Å². The molecule has 0 bridgehead atoms. The van der Waals surface area contributed by atoms with Gasteiger partial charge in [-0.25, -0.2) is 0 Å². The Labute approximate surface area is 165 Å². The second-order valence-electron chi connectivity index (χ2n) is 6.86. The van der Waals surface area contributed by atoms with Gasteiger partial charge in [-0.2, -0.15) is 5.26 Å². The third-order valence-electron chi connectivity index (χ3n) is 5.18. The van der Waals surface area contributed by atoms with Gasteiger partial charge in [-0.05, 0) is 31.5 Å². The average Bonchev–Trinajstić information content (AvgIpc) is 3.37. The van der Waals surface area contributed by atoms with E-state index in [1.807, 2.05) is 30.5 Å². The highest BCUT2D eigenvalue weighted by Crippen LogP contribution is 2.48. The molecule has 0 amide bonds. The molecule has 0 radical (unpaired) electrons. The van der Waals surface area contributed by atoms with Gasteiger partial charge in [0.1, 0.15) is 11.6 Å². The molecule has 6 nitrogen and oxygen atoms in total. The molecule has 0 fully saturated rings.